The molecule has 0 aliphatic rings. The Morgan fingerprint density at radius 3 is 1.55 bits per heavy atom. The molecule has 0 amide bonds. The van der Waals surface area contributed by atoms with E-state index in [1.165, 1.54) is 11.1 Å². The van der Waals surface area contributed by atoms with Crippen LogP contribution in [0, 0.1) is 13.8 Å². The topological polar surface area (TPSA) is 90.7 Å². The molecule has 0 fully saturated rings. The Bertz CT molecular complexity index is 3240. The smallest absolute Gasteiger partial charge is 0.248 e. The molecule has 0 saturated heterocycles. The maximum Gasteiger partial charge on any atom is 0.248 e. The lowest BCUT2D eigenvalue weighted by Gasteiger charge is -2.19. The number of aromatic nitrogens is 5. The van der Waals surface area contributed by atoms with Gasteiger partial charge in [0.25, 0.3) is 0 Å². The highest BCUT2D eigenvalue weighted by atomic mass is 16.4. The molecule has 0 unspecified atom stereocenters. The molecular formula is C55H41N5O2. The summed E-state index contributed by atoms with van der Waals surface area (Å²) in [5, 5.41) is 8.60. The van der Waals surface area contributed by atoms with Crippen molar-refractivity contribution in [2.75, 3.05) is 0 Å². The molecule has 0 aliphatic carbocycles. The fourth-order valence-electron chi connectivity index (χ4n) is 8.11. The van der Waals surface area contributed by atoms with Crippen molar-refractivity contribution in [2.24, 2.45) is 0 Å². The van der Waals surface area contributed by atoms with Gasteiger partial charge in [0.05, 0.1) is 28.6 Å². The van der Waals surface area contributed by atoms with Crippen LogP contribution in [0.25, 0.3) is 108 Å². The minimum Gasteiger partial charge on any atom is -0.436 e. The van der Waals surface area contributed by atoms with Gasteiger partial charge in [0.1, 0.15) is 0 Å². The molecule has 3 heterocycles. The van der Waals surface area contributed by atoms with Gasteiger partial charge in [0, 0.05) is 33.4 Å². The summed E-state index contributed by atoms with van der Waals surface area (Å²) in [5.74, 6) is 2.31. The zero-order valence-corrected chi connectivity index (χ0v) is 34.6. The van der Waals surface area contributed by atoms with Gasteiger partial charge < -0.3 is 8.83 Å². The molecule has 298 valence electrons. The van der Waals surface area contributed by atoms with E-state index in [1.807, 2.05) is 103 Å². The van der Waals surface area contributed by atoms with E-state index in [0.717, 1.165) is 101 Å². The molecular weight excluding hydrogens is 763 g/mol. The van der Waals surface area contributed by atoms with Crippen molar-refractivity contribution in [1.29, 1.82) is 0 Å². The first-order valence-corrected chi connectivity index (χ1v) is 20.7. The van der Waals surface area contributed by atoms with Crippen LogP contribution in [0.2, 0.25) is 0 Å². The number of fused-ring (bicyclic) bond motifs is 1. The lowest BCUT2D eigenvalue weighted by atomic mass is 9.88. The summed E-state index contributed by atoms with van der Waals surface area (Å²) in [6, 6.07) is 53.6. The Balaban J connectivity index is 0.997. The van der Waals surface area contributed by atoms with Crippen LogP contribution in [-0.4, -0.2) is 25.1 Å². The van der Waals surface area contributed by atoms with Crippen LogP contribution < -0.4 is 0 Å². The molecule has 0 spiro atoms. The molecule has 3 aromatic heterocycles. The summed E-state index contributed by atoms with van der Waals surface area (Å²) >= 11 is 0. The Kier molecular flexibility index (Phi) is 9.98. The van der Waals surface area contributed by atoms with Crippen molar-refractivity contribution in [3.05, 3.63) is 193 Å². The van der Waals surface area contributed by atoms with Crippen LogP contribution in [0.1, 0.15) is 29.2 Å². The van der Waals surface area contributed by atoms with E-state index >= 15 is 0 Å². The molecule has 7 aromatic carbocycles. The van der Waals surface area contributed by atoms with Crippen molar-refractivity contribution in [3.8, 4) is 90.5 Å². The summed E-state index contributed by atoms with van der Waals surface area (Å²) in [5.41, 5.74) is 18.0. The number of benzene rings is 7. The Labute approximate surface area is 360 Å². The van der Waals surface area contributed by atoms with Gasteiger partial charge in [-0.25, -0.2) is 15.0 Å². The van der Waals surface area contributed by atoms with E-state index in [4.69, 9.17) is 18.8 Å². The minimum atomic E-state index is 0.474. The van der Waals surface area contributed by atoms with Gasteiger partial charge in [-0.15, -0.1) is 10.2 Å². The first kappa shape index (κ1) is 38.2. The number of hydrogen-bond acceptors (Lipinski definition) is 7. The summed E-state index contributed by atoms with van der Waals surface area (Å²) in [6.07, 6.45) is 4.55. The highest BCUT2D eigenvalue weighted by molar-refractivity contribution is 5.91. The van der Waals surface area contributed by atoms with Crippen LogP contribution in [-0.2, 0) is 6.42 Å². The number of aryl methyl sites for hydroxylation is 3. The predicted molar refractivity (Wildman–Crippen MR) is 250 cm³/mol. The third-order valence-corrected chi connectivity index (χ3v) is 11.4. The van der Waals surface area contributed by atoms with Crippen molar-refractivity contribution < 1.29 is 8.83 Å². The number of para-hydroxylation sites is 2. The van der Waals surface area contributed by atoms with Crippen LogP contribution in [0.5, 0.6) is 0 Å². The predicted octanol–water partition coefficient (Wildman–Crippen LogP) is 14.2. The van der Waals surface area contributed by atoms with Crippen LogP contribution >= 0.6 is 0 Å². The lowest BCUT2D eigenvalue weighted by molar-refractivity contribution is 0.584. The maximum atomic E-state index is 6.16. The SMILES string of the molecule is C=Cc1cc(-c2nc3ccccc3nc2-c2cc(CC)c(-c3ccc(-c4cnc(-c5ccccc5)o4)cc3)cc2C)c(C)cc1-c1ccc(-c2nnc(-c3ccccc3)o2)cc1. The van der Waals surface area contributed by atoms with E-state index in [-0.39, 0.29) is 0 Å². The Morgan fingerprint density at radius 1 is 0.484 bits per heavy atom. The summed E-state index contributed by atoms with van der Waals surface area (Å²) in [6.45, 7) is 10.8. The lowest BCUT2D eigenvalue weighted by Crippen LogP contribution is -2.01. The number of oxazole rings is 1. The van der Waals surface area contributed by atoms with Gasteiger partial charge in [-0.2, -0.15) is 0 Å². The molecule has 0 radical (unpaired) electrons. The summed E-state index contributed by atoms with van der Waals surface area (Å²) in [4.78, 5) is 15.2. The molecule has 0 bridgehead atoms. The van der Waals surface area contributed by atoms with Crippen LogP contribution in [0.3, 0.4) is 0 Å². The monoisotopic (exact) mass is 803 g/mol. The van der Waals surface area contributed by atoms with Crippen LogP contribution in [0.15, 0.2) is 179 Å². The van der Waals surface area contributed by atoms with Gasteiger partial charge in [-0.3, -0.25) is 0 Å². The average Bonchev–Trinajstić information content (AvgIpc) is 4.04. The summed E-state index contributed by atoms with van der Waals surface area (Å²) < 4.78 is 12.2. The van der Waals surface area contributed by atoms with Crippen molar-refractivity contribution in [3.63, 3.8) is 0 Å². The molecule has 10 aromatic rings. The second kappa shape index (κ2) is 16.2. The highest BCUT2D eigenvalue weighted by Gasteiger charge is 2.21. The Hall–Kier alpha value is -8.03. The molecule has 10 rings (SSSR count). The third kappa shape index (κ3) is 7.20. The van der Waals surface area contributed by atoms with Gasteiger partial charge >= 0.3 is 0 Å². The highest BCUT2D eigenvalue weighted by Crippen LogP contribution is 2.41. The molecule has 62 heavy (non-hydrogen) atoms. The zero-order chi connectivity index (χ0) is 42.2. The molecule has 0 aliphatic heterocycles. The minimum absolute atomic E-state index is 0.474. The normalized spacial score (nSPS) is 11.3. The largest absolute Gasteiger partial charge is 0.436 e. The number of hydrogen-bond donors (Lipinski definition) is 0. The first-order valence-electron chi connectivity index (χ1n) is 20.7. The number of nitrogens with zero attached hydrogens (tertiary/aromatic N) is 5. The fraction of sp³-hybridized carbons (Fsp3) is 0.0727. The molecule has 0 N–H and O–H groups in total. The van der Waals surface area contributed by atoms with E-state index in [1.54, 1.807) is 6.20 Å². The van der Waals surface area contributed by atoms with Gasteiger partial charge in [-0.05, 0) is 125 Å². The number of rotatable bonds is 10. The van der Waals surface area contributed by atoms with Gasteiger partial charge in [0.2, 0.25) is 17.7 Å². The third-order valence-electron chi connectivity index (χ3n) is 11.4. The fourth-order valence-corrected chi connectivity index (χ4v) is 8.11. The Morgan fingerprint density at radius 2 is 0.968 bits per heavy atom. The molecule has 7 nitrogen and oxygen atoms in total. The second-order valence-corrected chi connectivity index (χ2v) is 15.4. The molecule has 7 heteroatoms. The van der Waals surface area contributed by atoms with Crippen molar-refractivity contribution in [2.45, 2.75) is 27.2 Å². The molecule has 0 saturated carbocycles. The van der Waals surface area contributed by atoms with E-state index in [2.05, 4.69) is 103 Å². The van der Waals surface area contributed by atoms with E-state index in [0.29, 0.717) is 17.7 Å². The maximum absolute atomic E-state index is 6.16. The van der Waals surface area contributed by atoms with Crippen LogP contribution in [0.4, 0.5) is 0 Å². The second-order valence-electron chi connectivity index (χ2n) is 15.4. The zero-order valence-electron chi connectivity index (χ0n) is 34.6. The molecule has 0 atom stereocenters. The quantitative estimate of drug-likeness (QED) is 0.136. The standard InChI is InChI=1S/C55H41N5O2/c1-5-36-31-44(34(3)29-46(36)38-21-25-40(26-22-38)50-33-56-53(61-50)41-15-9-7-10-16-41)51-52(58-49-20-14-13-19-48(49)57-51)45-32-37(6-2)47(30-35(45)4)39-23-27-43(28-24-39)55-60-59-54(62-55)42-17-11-8-12-18-42/h6-33H,2,5H2,1,3-4H3. The van der Waals surface area contributed by atoms with E-state index in [9.17, 15) is 0 Å². The first-order chi connectivity index (χ1) is 30.4. The van der Waals surface area contributed by atoms with E-state index < -0.39 is 0 Å². The van der Waals surface area contributed by atoms with Gasteiger partial charge in [-0.1, -0.05) is 117 Å². The van der Waals surface area contributed by atoms with Crippen molar-refractivity contribution in [1.82, 2.24) is 25.1 Å². The van der Waals surface area contributed by atoms with Crippen molar-refractivity contribution >= 4 is 17.1 Å². The average molecular weight is 804 g/mol. The van der Waals surface area contributed by atoms with Gasteiger partial charge in [0.15, 0.2) is 5.76 Å². The summed E-state index contributed by atoms with van der Waals surface area (Å²) in [7, 11) is 0.